The van der Waals surface area contributed by atoms with E-state index in [1.54, 1.807) is 10.9 Å². The Morgan fingerprint density at radius 1 is 1.30 bits per heavy atom. The second kappa shape index (κ2) is 5.40. The molecule has 0 unspecified atom stereocenters. The predicted octanol–water partition coefficient (Wildman–Crippen LogP) is 3.56. The van der Waals surface area contributed by atoms with Crippen LogP contribution in [-0.2, 0) is 16.6 Å². The number of hydrogen-bond acceptors (Lipinski definition) is 2. The maximum absolute atomic E-state index is 10.8. The number of halogens is 1. The molecule has 0 atom stereocenters. The van der Waals surface area contributed by atoms with Gasteiger partial charge in [0.05, 0.1) is 22.3 Å². The van der Waals surface area contributed by atoms with Crippen LogP contribution in [-0.4, -0.2) is 20.9 Å². The fourth-order valence-corrected chi connectivity index (χ4v) is 2.31. The summed E-state index contributed by atoms with van der Waals surface area (Å²) in [6, 6.07) is 8.12. The summed E-state index contributed by atoms with van der Waals surface area (Å²) in [5.41, 5.74) is 2.79. The molecule has 0 saturated carbocycles. The molecule has 1 aromatic carbocycles. The zero-order chi connectivity index (χ0) is 14.9. The Balaban J connectivity index is 2.30. The highest BCUT2D eigenvalue weighted by Gasteiger charge is 2.14. The lowest BCUT2D eigenvalue weighted by molar-refractivity contribution is -0.136. The van der Waals surface area contributed by atoms with Crippen LogP contribution < -0.4 is 0 Å². The van der Waals surface area contributed by atoms with E-state index in [1.165, 1.54) is 5.56 Å². The van der Waals surface area contributed by atoms with Crippen LogP contribution in [0.2, 0.25) is 0 Å². The number of benzene rings is 1. The van der Waals surface area contributed by atoms with Gasteiger partial charge in [0, 0.05) is 6.20 Å². The van der Waals surface area contributed by atoms with E-state index in [2.05, 4.69) is 53.9 Å². The summed E-state index contributed by atoms with van der Waals surface area (Å²) >= 11 is 3.34. The van der Waals surface area contributed by atoms with Crippen LogP contribution in [0.3, 0.4) is 0 Å². The molecule has 0 saturated heterocycles. The van der Waals surface area contributed by atoms with Gasteiger partial charge < -0.3 is 5.11 Å². The van der Waals surface area contributed by atoms with Crippen LogP contribution in [0.25, 0.3) is 5.69 Å². The molecule has 0 aliphatic rings. The zero-order valence-corrected chi connectivity index (χ0v) is 13.3. The van der Waals surface area contributed by atoms with Crippen molar-refractivity contribution < 1.29 is 9.90 Å². The zero-order valence-electron chi connectivity index (χ0n) is 11.7. The van der Waals surface area contributed by atoms with Gasteiger partial charge in [0.1, 0.15) is 0 Å². The van der Waals surface area contributed by atoms with Crippen LogP contribution in [0, 0.1) is 0 Å². The number of rotatable bonds is 3. The summed E-state index contributed by atoms with van der Waals surface area (Å²) in [7, 11) is 0. The van der Waals surface area contributed by atoms with Gasteiger partial charge in [-0.1, -0.05) is 32.9 Å². The Kier molecular flexibility index (Phi) is 3.99. The summed E-state index contributed by atoms with van der Waals surface area (Å²) in [4.78, 5) is 10.8. The van der Waals surface area contributed by atoms with E-state index in [-0.39, 0.29) is 11.8 Å². The molecule has 0 spiro atoms. The standard InChI is InChI=1S/C15H17BrN2O2/c1-15(2,3)10-4-6-11(7-5-10)18-9-12(16)13(17-18)8-14(19)20/h4-7,9H,8H2,1-3H3,(H,19,20). The highest BCUT2D eigenvalue weighted by atomic mass is 79.9. The maximum Gasteiger partial charge on any atom is 0.309 e. The second-order valence-electron chi connectivity index (χ2n) is 5.74. The van der Waals surface area contributed by atoms with Crippen molar-refractivity contribution in [1.82, 2.24) is 9.78 Å². The number of carboxylic acids is 1. The monoisotopic (exact) mass is 336 g/mol. The fraction of sp³-hybridized carbons (Fsp3) is 0.333. The normalized spacial score (nSPS) is 11.6. The molecule has 0 amide bonds. The second-order valence-corrected chi connectivity index (χ2v) is 6.59. The highest BCUT2D eigenvalue weighted by Crippen LogP contribution is 2.24. The van der Waals surface area contributed by atoms with Gasteiger partial charge in [0.15, 0.2) is 0 Å². The molecule has 4 nitrogen and oxygen atoms in total. The van der Waals surface area contributed by atoms with Crippen molar-refractivity contribution in [3.8, 4) is 5.69 Å². The third-order valence-corrected chi connectivity index (χ3v) is 3.72. The number of carbonyl (C=O) groups is 1. The van der Waals surface area contributed by atoms with Crippen molar-refractivity contribution in [2.45, 2.75) is 32.6 Å². The summed E-state index contributed by atoms with van der Waals surface area (Å²) in [6.45, 7) is 6.49. The van der Waals surface area contributed by atoms with E-state index >= 15 is 0 Å². The molecular weight excluding hydrogens is 320 g/mol. The molecule has 1 N–H and O–H groups in total. The molecule has 0 aliphatic heterocycles. The minimum atomic E-state index is -0.890. The molecule has 20 heavy (non-hydrogen) atoms. The molecule has 106 valence electrons. The number of nitrogens with zero attached hydrogens (tertiary/aromatic N) is 2. The van der Waals surface area contributed by atoms with Crippen molar-refractivity contribution in [3.05, 3.63) is 46.2 Å². The van der Waals surface area contributed by atoms with E-state index in [4.69, 9.17) is 5.11 Å². The Hall–Kier alpha value is -1.62. The third-order valence-electron chi connectivity index (χ3n) is 3.06. The molecule has 1 aromatic heterocycles. The number of aliphatic carboxylic acids is 1. The number of carboxylic acid groups (broad SMARTS) is 1. The van der Waals surface area contributed by atoms with Crippen molar-refractivity contribution in [2.24, 2.45) is 0 Å². The Morgan fingerprint density at radius 2 is 1.90 bits per heavy atom. The third kappa shape index (κ3) is 3.28. The van der Waals surface area contributed by atoms with Gasteiger partial charge in [0.2, 0.25) is 0 Å². The molecule has 1 heterocycles. The van der Waals surface area contributed by atoms with Gasteiger partial charge >= 0.3 is 5.97 Å². The molecule has 0 bridgehead atoms. The first kappa shape index (κ1) is 14.8. The Morgan fingerprint density at radius 3 is 2.40 bits per heavy atom. The largest absolute Gasteiger partial charge is 0.481 e. The summed E-state index contributed by atoms with van der Waals surface area (Å²) in [5.74, 6) is -0.890. The molecule has 2 aromatic rings. The van der Waals surface area contributed by atoms with Gasteiger partial charge in [-0.3, -0.25) is 4.79 Å². The van der Waals surface area contributed by atoms with Gasteiger partial charge in [0.25, 0.3) is 0 Å². The number of aromatic nitrogens is 2. The van der Waals surface area contributed by atoms with E-state index < -0.39 is 5.97 Å². The number of hydrogen-bond donors (Lipinski definition) is 1. The van der Waals surface area contributed by atoms with Crippen LogP contribution >= 0.6 is 15.9 Å². The van der Waals surface area contributed by atoms with Crippen LogP contribution in [0.15, 0.2) is 34.9 Å². The molecule has 2 rings (SSSR count). The highest BCUT2D eigenvalue weighted by molar-refractivity contribution is 9.10. The van der Waals surface area contributed by atoms with E-state index in [9.17, 15) is 4.79 Å². The molecule has 0 aliphatic carbocycles. The van der Waals surface area contributed by atoms with Gasteiger partial charge in [-0.05, 0) is 39.0 Å². The van der Waals surface area contributed by atoms with Gasteiger partial charge in [-0.25, -0.2) is 4.68 Å². The first-order valence-electron chi connectivity index (χ1n) is 6.34. The van der Waals surface area contributed by atoms with Crippen molar-refractivity contribution in [3.63, 3.8) is 0 Å². The lowest BCUT2D eigenvalue weighted by Gasteiger charge is -2.19. The average Bonchev–Trinajstić information content (AvgIpc) is 2.69. The Labute approximate surface area is 126 Å². The Bertz CT molecular complexity index is 624. The van der Waals surface area contributed by atoms with Crippen molar-refractivity contribution in [2.75, 3.05) is 0 Å². The smallest absolute Gasteiger partial charge is 0.309 e. The molecular formula is C15H17BrN2O2. The minimum Gasteiger partial charge on any atom is -0.481 e. The van der Waals surface area contributed by atoms with Gasteiger partial charge in [-0.15, -0.1) is 0 Å². The summed E-state index contributed by atoms with van der Waals surface area (Å²) < 4.78 is 2.40. The van der Waals surface area contributed by atoms with Crippen LogP contribution in [0.4, 0.5) is 0 Å². The van der Waals surface area contributed by atoms with E-state index in [0.29, 0.717) is 10.2 Å². The lowest BCUT2D eigenvalue weighted by atomic mass is 9.87. The quantitative estimate of drug-likeness (QED) is 0.932. The first-order chi connectivity index (χ1) is 9.27. The maximum atomic E-state index is 10.8. The summed E-state index contributed by atoms with van der Waals surface area (Å²) in [6.07, 6.45) is 1.69. The van der Waals surface area contributed by atoms with E-state index in [0.717, 1.165) is 5.69 Å². The first-order valence-corrected chi connectivity index (χ1v) is 7.13. The predicted molar refractivity (Wildman–Crippen MR) is 81.3 cm³/mol. The van der Waals surface area contributed by atoms with Crippen molar-refractivity contribution in [1.29, 1.82) is 0 Å². The molecule has 5 heteroatoms. The fourth-order valence-electron chi connectivity index (χ4n) is 1.90. The average molecular weight is 337 g/mol. The van der Waals surface area contributed by atoms with Crippen molar-refractivity contribution >= 4 is 21.9 Å². The topological polar surface area (TPSA) is 55.1 Å². The summed E-state index contributed by atoms with van der Waals surface area (Å²) in [5, 5.41) is 13.1. The van der Waals surface area contributed by atoms with Gasteiger partial charge in [-0.2, -0.15) is 5.10 Å². The lowest BCUT2D eigenvalue weighted by Crippen LogP contribution is -2.11. The van der Waals surface area contributed by atoms with Crippen LogP contribution in [0.5, 0.6) is 0 Å². The van der Waals surface area contributed by atoms with Crippen LogP contribution in [0.1, 0.15) is 32.0 Å². The minimum absolute atomic E-state index is 0.0896. The SMILES string of the molecule is CC(C)(C)c1ccc(-n2cc(Br)c(CC(=O)O)n2)cc1. The molecule has 0 radical (unpaired) electrons. The molecule has 0 fully saturated rings. The van der Waals surface area contributed by atoms with E-state index in [1.807, 2.05) is 12.1 Å².